The van der Waals surface area contributed by atoms with Crippen LogP contribution >= 0.6 is 0 Å². The molecule has 1 aromatic carbocycles. The molecule has 1 aliphatic carbocycles. The highest BCUT2D eigenvalue weighted by Gasteiger charge is 2.27. The van der Waals surface area contributed by atoms with Crippen LogP contribution in [0, 0.1) is 0 Å². The van der Waals surface area contributed by atoms with Crippen LogP contribution in [0.1, 0.15) is 40.5 Å². The van der Waals surface area contributed by atoms with Crippen molar-refractivity contribution in [3.05, 3.63) is 41.2 Å². The fourth-order valence-corrected chi connectivity index (χ4v) is 4.39. The average Bonchev–Trinajstić information content (AvgIpc) is 3.03. The first-order valence-electron chi connectivity index (χ1n) is 8.68. The van der Waals surface area contributed by atoms with E-state index >= 15 is 0 Å². The molecule has 1 aromatic heterocycles. The predicted molar refractivity (Wildman–Crippen MR) is 100 cm³/mol. The van der Waals surface area contributed by atoms with Gasteiger partial charge in [0, 0.05) is 38.0 Å². The molecule has 2 aromatic rings. The molecule has 1 heterocycles. The molecule has 1 unspecified atom stereocenters. The maximum absolute atomic E-state index is 12.8. The summed E-state index contributed by atoms with van der Waals surface area (Å²) >= 11 is 0. The van der Waals surface area contributed by atoms with Crippen molar-refractivity contribution in [2.24, 2.45) is 7.05 Å². The van der Waals surface area contributed by atoms with Crippen molar-refractivity contribution in [2.75, 3.05) is 21.2 Å². The minimum Gasteiger partial charge on any atom is -0.495 e. The van der Waals surface area contributed by atoms with Gasteiger partial charge in [-0.1, -0.05) is 0 Å². The van der Waals surface area contributed by atoms with Crippen molar-refractivity contribution >= 4 is 15.9 Å². The Bertz CT molecular complexity index is 966. The van der Waals surface area contributed by atoms with E-state index in [9.17, 15) is 13.2 Å². The van der Waals surface area contributed by atoms with Crippen LogP contribution in [0.25, 0.3) is 0 Å². The number of carbonyl (C=O) groups is 1. The van der Waals surface area contributed by atoms with Gasteiger partial charge in [0.2, 0.25) is 10.0 Å². The minimum absolute atomic E-state index is 0.0339. The summed E-state index contributed by atoms with van der Waals surface area (Å²) in [7, 11) is 2.43. The van der Waals surface area contributed by atoms with E-state index in [-0.39, 0.29) is 28.2 Å². The van der Waals surface area contributed by atoms with Gasteiger partial charge in [-0.05, 0) is 37.5 Å². The fourth-order valence-electron chi connectivity index (χ4n) is 3.31. The summed E-state index contributed by atoms with van der Waals surface area (Å²) in [5.41, 5.74) is 2.41. The Labute approximate surface area is 159 Å². The Morgan fingerprint density at radius 2 is 2.11 bits per heavy atom. The standard InChI is InChI=1S/C18H24N4O4S/c1-21(2)27(24,25)17-10-12(8-9-16(17)26-4)18(23)20-14-6-5-7-15-13(14)11-19-22(15)3/h8-11,14H,5-7H2,1-4H3,(H,20,23). The van der Waals surface area contributed by atoms with E-state index in [1.807, 2.05) is 11.7 Å². The van der Waals surface area contributed by atoms with E-state index in [0.29, 0.717) is 0 Å². The minimum atomic E-state index is -3.74. The highest BCUT2D eigenvalue weighted by molar-refractivity contribution is 7.89. The number of ether oxygens (including phenoxy) is 1. The van der Waals surface area contributed by atoms with E-state index in [0.717, 1.165) is 34.8 Å². The number of aromatic nitrogens is 2. The molecule has 1 aliphatic rings. The first-order chi connectivity index (χ1) is 12.8. The molecule has 8 nitrogen and oxygen atoms in total. The lowest BCUT2D eigenvalue weighted by atomic mass is 9.93. The van der Waals surface area contributed by atoms with E-state index in [4.69, 9.17) is 4.74 Å². The molecule has 1 N–H and O–H groups in total. The summed E-state index contributed by atoms with van der Waals surface area (Å²) in [4.78, 5) is 12.8. The van der Waals surface area contributed by atoms with Gasteiger partial charge in [0.1, 0.15) is 10.6 Å². The number of hydrogen-bond acceptors (Lipinski definition) is 5. The maximum atomic E-state index is 12.8. The molecule has 27 heavy (non-hydrogen) atoms. The van der Waals surface area contributed by atoms with Crippen LogP contribution < -0.4 is 10.1 Å². The topological polar surface area (TPSA) is 93.5 Å². The quantitative estimate of drug-likeness (QED) is 0.832. The number of benzene rings is 1. The van der Waals surface area contributed by atoms with Gasteiger partial charge in [0.25, 0.3) is 5.91 Å². The second kappa shape index (κ2) is 7.32. The first-order valence-corrected chi connectivity index (χ1v) is 10.1. The molecule has 0 fully saturated rings. The third kappa shape index (κ3) is 3.57. The molecule has 146 valence electrons. The largest absolute Gasteiger partial charge is 0.495 e. The summed E-state index contributed by atoms with van der Waals surface area (Å²) < 4.78 is 33.2. The van der Waals surface area contributed by atoms with Crippen molar-refractivity contribution in [3.8, 4) is 5.75 Å². The Balaban J connectivity index is 1.90. The van der Waals surface area contributed by atoms with Crippen molar-refractivity contribution in [1.82, 2.24) is 19.4 Å². The average molecular weight is 392 g/mol. The lowest BCUT2D eigenvalue weighted by Gasteiger charge is -2.24. The van der Waals surface area contributed by atoms with Gasteiger partial charge in [-0.15, -0.1) is 0 Å². The second-order valence-corrected chi connectivity index (χ2v) is 8.86. The third-order valence-electron chi connectivity index (χ3n) is 4.87. The van der Waals surface area contributed by atoms with Crippen molar-refractivity contribution in [2.45, 2.75) is 30.2 Å². The summed E-state index contributed by atoms with van der Waals surface area (Å²) in [6.07, 6.45) is 4.51. The number of hydrogen-bond donors (Lipinski definition) is 1. The Kier molecular flexibility index (Phi) is 5.25. The smallest absolute Gasteiger partial charge is 0.251 e. The van der Waals surface area contributed by atoms with Crippen molar-refractivity contribution < 1.29 is 17.9 Å². The zero-order chi connectivity index (χ0) is 19.8. The first kappa shape index (κ1) is 19.4. The number of sulfonamides is 1. The molecule has 1 amide bonds. The van der Waals surface area contributed by atoms with Crippen LogP contribution in [0.2, 0.25) is 0 Å². The lowest BCUT2D eigenvalue weighted by Crippen LogP contribution is -2.31. The van der Waals surface area contributed by atoms with Crippen LogP contribution in [-0.2, 0) is 23.5 Å². The van der Waals surface area contributed by atoms with Gasteiger partial charge in [-0.25, -0.2) is 12.7 Å². The molecule has 9 heteroatoms. The van der Waals surface area contributed by atoms with E-state index in [2.05, 4.69) is 10.4 Å². The molecule has 0 bridgehead atoms. The molecule has 1 atom stereocenters. The summed E-state index contributed by atoms with van der Waals surface area (Å²) in [5.74, 6) is -0.123. The summed E-state index contributed by atoms with van der Waals surface area (Å²) in [6, 6.07) is 4.29. The van der Waals surface area contributed by atoms with E-state index < -0.39 is 10.0 Å². The number of aryl methyl sites for hydroxylation is 1. The highest BCUT2D eigenvalue weighted by atomic mass is 32.2. The lowest BCUT2D eigenvalue weighted by molar-refractivity contribution is 0.0932. The van der Waals surface area contributed by atoms with Gasteiger partial charge in [-0.2, -0.15) is 5.10 Å². The number of carbonyl (C=O) groups excluding carboxylic acids is 1. The van der Waals surface area contributed by atoms with Gasteiger partial charge in [0.15, 0.2) is 0 Å². The SMILES string of the molecule is COc1ccc(C(=O)NC2CCCc3c2cnn3C)cc1S(=O)(=O)N(C)C. The van der Waals surface area contributed by atoms with Crippen LogP contribution in [0.15, 0.2) is 29.3 Å². The Morgan fingerprint density at radius 1 is 1.37 bits per heavy atom. The molecular formula is C18H24N4O4S. The number of amides is 1. The zero-order valence-corrected chi connectivity index (χ0v) is 16.7. The number of nitrogens with zero attached hydrogens (tertiary/aromatic N) is 3. The Hall–Kier alpha value is -2.39. The number of methoxy groups -OCH3 is 1. The van der Waals surface area contributed by atoms with Crippen LogP contribution in [-0.4, -0.2) is 49.6 Å². The van der Waals surface area contributed by atoms with Gasteiger partial charge in [-0.3, -0.25) is 9.48 Å². The molecule has 0 radical (unpaired) electrons. The predicted octanol–water partition coefficient (Wildman–Crippen LogP) is 1.49. The van der Waals surface area contributed by atoms with Gasteiger partial charge in [0.05, 0.1) is 19.3 Å². The molecule has 0 aliphatic heterocycles. The highest BCUT2D eigenvalue weighted by Crippen LogP contribution is 2.30. The van der Waals surface area contributed by atoms with E-state index in [1.165, 1.54) is 33.3 Å². The maximum Gasteiger partial charge on any atom is 0.251 e. The van der Waals surface area contributed by atoms with Crippen LogP contribution in [0.3, 0.4) is 0 Å². The van der Waals surface area contributed by atoms with Gasteiger partial charge >= 0.3 is 0 Å². The molecule has 3 rings (SSSR count). The van der Waals surface area contributed by atoms with E-state index in [1.54, 1.807) is 12.3 Å². The number of rotatable bonds is 5. The fraction of sp³-hybridized carbons (Fsp3) is 0.444. The van der Waals surface area contributed by atoms with Crippen LogP contribution in [0.5, 0.6) is 5.75 Å². The summed E-state index contributed by atoms with van der Waals surface area (Å²) in [6.45, 7) is 0. The Morgan fingerprint density at radius 3 is 2.78 bits per heavy atom. The number of fused-ring (bicyclic) bond motifs is 1. The second-order valence-electron chi connectivity index (χ2n) is 6.74. The molecule has 0 saturated heterocycles. The van der Waals surface area contributed by atoms with Crippen LogP contribution in [0.4, 0.5) is 0 Å². The molecular weight excluding hydrogens is 368 g/mol. The van der Waals surface area contributed by atoms with Crippen molar-refractivity contribution in [1.29, 1.82) is 0 Å². The molecule has 0 spiro atoms. The summed E-state index contributed by atoms with van der Waals surface area (Å²) in [5, 5.41) is 7.29. The monoisotopic (exact) mass is 392 g/mol. The molecule has 0 saturated carbocycles. The zero-order valence-electron chi connectivity index (χ0n) is 15.9. The van der Waals surface area contributed by atoms with Crippen molar-refractivity contribution in [3.63, 3.8) is 0 Å². The van der Waals surface area contributed by atoms with Gasteiger partial charge < -0.3 is 10.1 Å². The normalized spacial score (nSPS) is 16.9. The third-order valence-corrected chi connectivity index (χ3v) is 6.70. The number of nitrogens with one attached hydrogen (secondary N) is 1.